The number of amides is 1. The van der Waals surface area contributed by atoms with Crippen LogP contribution in [-0.2, 0) is 0 Å². The minimum Gasteiger partial charge on any atom is -0.507 e. The highest BCUT2D eigenvalue weighted by Crippen LogP contribution is 2.19. The maximum Gasteiger partial charge on any atom is 0.258 e. The number of rotatable bonds is 4. The Kier molecular flexibility index (Phi) is 5.04. The first-order chi connectivity index (χ1) is 9.18. The number of benzene rings is 1. The van der Waals surface area contributed by atoms with E-state index in [9.17, 15) is 14.3 Å². The van der Waals surface area contributed by atoms with Crippen LogP contribution in [0.3, 0.4) is 0 Å². The van der Waals surface area contributed by atoms with Crippen LogP contribution in [0.2, 0.25) is 0 Å². The SMILES string of the molecule is O=C(NCCN1CCSCC1)c1c(O)cccc1F. The summed E-state index contributed by atoms with van der Waals surface area (Å²) >= 11 is 1.93. The van der Waals surface area contributed by atoms with Gasteiger partial charge in [0.15, 0.2) is 0 Å². The predicted octanol–water partition coefficient (Wildman–Crippen LogP) is 1.31. The lowest BCUT2D eigenvalue weighted by Crippen LogP contribution is -2.39. The Morgan fingerprint density at radius 1 is 1.42 bits per heavy atom. The second-order valence-electron chi connectivity index (χ2n) is 4.34. The number of carbonyl (C=O) groups is 1. The number of nitrogens with one attached hydrogen (secondary N) is 1. The van der Waals surface area contributed by atoms with Gasteiger partial charge in [0, 0.05) is 37.7 Å². The maximum atomic E-state index is 13.4. The van der Waals surface area contributed by atoms with Gasteiger partial charge in [0.1, 0.15) is 17.1 Å². The van der Waals surface area contributed by atoms with E-state index in [-0.39, 0.29) is 11.3 Å². The Morgan fingerprint density at radius 2 is 2.16 bits per heavy atom. The van der Waals surface area contributed by atoms with Crippen molar-refractivity contribution in [2.45, 2.75) is 0 Å². The number of hydrogen-bond donors (Lipinski definition) is 2. The van der Waals surface area contributed by atoms with E-state index in [1.54, 1.807) is 0 Å². The van der Waals surface area contributed by atoms with E-state index in [2.05, 4.69) is 10.2 Å². The van der Waals surface area contributed by atoms with Crippen LogP contribution in [-0.4, -0.2) is 53.6 Å². The summed E-state index contributed by atoms with van der Waals surface area (Å²) in [7, 11) is 0. The number of thioether (sulfide) groups is 1. The molecule has 104 valence electrons. The topological polar surface area (TPSA) is 52.6 Å². The van der Waals surface area contributed by atoms with Crippen molar-refractivity contribution in [3.8, 4) is 5.75 Å². The van der Waals surface area contributed by atoms with Crippen molar-refractivity contribution in [1.82, 2.24) is 10.2 Å². The highest BCUT2D eigenvalue weighted by molar-refractivity contribution is 7.99. The van der Waals surface area contributed by atoms with Gasteiger partial charge in [-0.1, -0.05) is 6.07 Å². The minimum atomic E-state index is -0.702. The molecule has 19 heavy (non-hydrogen) atoms. The molecule has 1 amide bonds. The zero-order chi connectivity index (χ0) is 13.7. The first kappa shape index (κ1) is 14.1. The van der Waals surface area contributed by atoms with Crippen LogP contribution in [0.1, 0.15) is 10.4 Å². The fraction of sp³-hybridized carbons (Fsp3) is 0.462. The van der Waals surface area contributed by atoms with E-state index in [1.807, 2.05) is 11.8 Å². The van der Waals surface area contributed by atoms with Crippen LogP contribution in [0.15, 0.2) is 18.2 Å². The van der Waals surface area contributed by atoms with Gasteiger partial charge in [0.2, 0.25) is 0 Å². The number of halogens is 1. The van der Waals surface area contributed by atoms with Crippen molar-refractivity contribution in [2.75, 3.05) is 37.7 Å². The van der Waals surface area contributed by atoms with E-state index in [4.69, 9.17) is 0 Å². The lowest BCUT2D eigenvalue weighted by Gasteiger charge is -2.26. The fourth-order valence-electron chi connectivity index (χ4n) is 1.98. The quantitative estimate of drug-likeness (QED) is 0.875. The summed E-state index contributed by atoms with van der Waals surface area (Å²) < 4.78 is 13.4. The third kappa shape index (κ3) is 3.84. The molecule has 1 aliphatic heterocycles. The molecule has 0 spiro atoms. The monoisotopic (exact) mass is 284 g/mol. The van der Waals surface area contributed by atoms with Crippen LogP contribution < -0.4 is 5.32 Å². The van der Waals surface area contributed by atoms with E-state index in [0.717, 1.165) is 37.2 Å². The van der Waals surface area contributed by atoms with E-state index in [0.29, 0.717) is 6.54 Å². The number of phenolic OH excluding ortho intramolecular Hbond substituents is 1. The highest BCUT2D eigenvalue weighted by Gasteiger charge is 2.16. The van der Waals surface area contributed by atoms with E-state index < -0.39 is 11.7 Å². The summed E-state index contributed by atoms with van der Waals surface area (Å²) in [6.45, 7) is 3.25. The van der Waals surface area contributed by atoms with Gasteiger partial charge in [0.25, 0.3) is 5.91 Å². The Bertz CT molecular complexity index is 430. The summed E-state index contributed by atoms with van der Waals surface area (Å²) in [4.78, 5) is 14.1. The molecular formula is C13H17FN2O2S. The van der Waals surface area contributed by atoms with Crippen molar-refractivity contribution < 1.29 is 14.3 Å². The Labute approximate surface area is 116 Å². The number of nitrogens with zero attached hydrogens (tertiary/aromatic N) is 1. The van der Waals surface area contributed by atoms with Gasteiger partial charge in [-0.2, -0.15) is 11.8 Å². The minimum absolute atomic E-state index is 0.281. The van der Waals surface area contributed by atoms with Gasteiger partial charge in [-0.05, 0) is 12.1 Å². The molecule has 1 aromatic rings. The van der Waals surface area contributed by atoms with Crippen LogP contribution in [0.4, 0.5) is 4.39 Å². The summed E-state index contributed by atoms with van der Waals surface area (Å²) in [6.07, 6.45) is 0. The van der Waals surface area contributed by atoms with E-state index >= 15 is 0 Å². The van der Waals surface area contributed by atoms with Gasteiger partial charge in [0.05, 0.1) is 0 Å². The van der Waals surface area contributed by atoms with Crippen molar-refractivity contribution in [3.63, 3.8) is 0 Å². The number of phenols is 1. The molecule has 0 unspecified atom stereocenters. The molecule has 0 aliphatic carbocycles. The molecule has 6 heteroatoms. The van der Waals surface area contributed by atoms with Crippen LogP contribution in [0.5, 0.6) is 5.75 Å². The summed E-state index contributed by atoms with van der Waals surface area (Å²) in [5, 5.41) is 12.1. The van der Waals surface area contributed by atoms with Gasteiger partial charge in [-0.15, -0.1) is 0 Å². The molecule has 1 aromatic carbocycles. The molecular weight excluding hydrogens is 267 g/mol. The first-order valence-corrected chi connectivity index (χ1v) is 7.40. The molecule has 2 rings (SSSR count). The Balaban J connectivity index is 1.84. The normalized spacial score (nSPS) is 16.3. The average Bonchev–Trinajstić information content (AvgIpc) is 2.40. The van der Waals surface area contributed by atoms with Gasteiger partial charge in [-0.25, -0.2) is 4.39 Å². The summed E-state index contributed by atoms with van der Waals surface area (Å²) in [5.74, 6) is 0.630. The lowest BCUT2D eigenvalue weighted by molar-refractivity contribution is 0.0942. The summed E-state index contributed by atoms with van der Waals surface area (Å²) in [6, 6.07) is 3.84. The zero-order valence-electron chi connectivity index (χ0n) is 10.6. The van der Waals surface area contributed by atoms with Crippen LogP contribution in [0.25, 0.3) is 0 Å². The molecule has 1 aliphatic rings. The molecule has 0 saturated carbocycles. The molecule has 0 aromatic heterocycles. The molecule has 1 heterocycles. The van der Waals surface area contributed by atoms with Gasteiger partial charge in [-0.3, -0.25) is 9.69 Å². The molecule has 0 bridgehead atoms. The second-order valence-corrected chi connectivity index (χ2v) is 5.57. The second kappa shape index (κ2) is 6.77. The number of carbonyl (C=O) groups excluding carboxylic acids is 1. The number of aromatic hydroxyl groups is 1. The molecule has 2 N–H and O–H groups in total. The molecule has 1 saturated heterocycles. The molecule has 4 nitrogen and oxygen atoms in total. The lowest BCUT2D eigenvalue weighted by atomic mass is 10.1. The predicted molar refractivity (Wildman–Crippen MR) is 74.2 cm³/mol. The smallest absolute Gasteiger partial charge is 0.258 e. The first-order valence-electron chi connectivity index (χ1n) is 6.24. The third-order valence-electron chi connectivity index (χ3n) is 3.04. The van der Waals surface area contributed by atoms with E-state index in [1.165, 1.54) is 12.1 Å². The van der Waals surface area contributed by atoms with Gasteiger partial charge >= 0.3 is 0 Å². The standard InChI is InChI=1S/C13H17FN2O2S/c14-10-2-1-3-11(17)12(10)13(18)15-4-5-16-6-8-19-9-7-16/h1-3,17H,4-9H2,(H,15,18). The van der Waals surface area contributed by atoms with Crippen molar-refractivity contribution in [3.05, 3.63) is 29.6 Å². The van der Waals surface area contributed by atoms with Crippen molar-refractivity contribution in [2.24, 2.45) is 0 Å². The van der Waals surface area contributed by atoms with Crippen LogP contribution in [0, 0.1) is 5.82 Å². The maximum absolute atomic E-state index is 13.4. The zero-order valence-corrected chi connectivity index (χ0v) is 11.4. The Hall–Kier alpha value is -1.27. The van der Waals surface area contributed by atoms with Crippen LogP contribution >= 0.6 is 11.8 Å². The summed E-state index contributed by atoms with van der Waals surface area (Å²) in [5.41, 5.74) is -0.281. The average molecular weight is 284 g/mol. The Morgan fingerprint density at radius 3 is 2.84 bits per heavy atom. The molecule has 0 radical (unpaired) electrons. The molecule has 0 atom stereocenters. The number of hydrogen-bond acceptors (Lipinski definition) is 4. The third-order valence-corrected chi connectivity index (χ3v) is 3.98. The van der Waals surface area contributed by atoms with Crippen molar-refractivity contribution in [1.29, 1.82) is 0 Å². The van der Waals surface area contributed by atoms with Crippen molar-refractivity contribution >= 4 is 17.7 Å². The highest BCUT2D eigenvalue weighted by atomic mass is 32.2. The largest absolute Gasteiger partial charge is 0.507 e. The van der Waals surface area contributed by atoms with Gasteiger partial charge < -0.3 is 10.4 Å². The molecule has 1 fully saturated rings. The fourth-order valence-corrected chi connectivity index (χ4v) is 2.96.